The van der Waals surface area contributed by atoms with Gasteiger partial charge in [-0.15, -0.1) is 0 Å². The molecule has 1 amide bonds. The second kappa shape index (κ2) is 9.36. The fourth-order valence-corrected chi connectivity index (χ4v) is 2.27. The Kier molecular flexibility index (Phi) is 6.91. The molecular formula is C19H20N2O7. The number of aryl methyl sites for hydroxylation is 1. The first-order valence-corrected chi connectivity index (χ1v) is 8.33. The fraction of sp³-hybridized carbons (Fsp3) is 0.263. The molecule has 0 saturated heterocycles. The molecule has 9 nitrogen and oxygen atoms in total. The normalized spacial score (nSPS) is 11.2. The smallest absolute Gasteiger partial charge is 0.344 e. The molecule has 0 aliphatic carbocycles. The molecule has 0 aliphatic rings. The molecule has 2 rings (SSSR count). The number of hydrogen-bond acceptors (Lipinski definition) is 7. The molecular weight excluding hydrogens is 368 g/mol. The van der Waals surface area contributed by atoms with Gasteiger partial charge in [-0.25, -0.2) is 4.79 Å². The highest BCUT2D eigenvalue weighted by Gasteiger charge is 2.22. The van der Waals surface area contributed by atoms with Crippen LogP contribution in [0.25, 0.3) is 0 Å². The van der Waals surface area contributed by atoms with Crippen LogP contribution in [-0.4, -0.2) is 36.6 Å². The number of hydrogen-bond donors (Lipinski definition) is 1. The number of ether oxygens (including phenoxy) is 3. The Morgan fingerprint density at radius 2 is 1.93 bits per heavy atom. The van der Waals surface area contributed by atoms with Crippen molar-refractivity contribution < 1.29 is 28.7 Å². The largest absolute Gasteiger partial charge is 0.496 e. The molecule has 0 bridgehead atoms. The third kappa shape index (κ3) is 5.44. The van der Waals surface area contributed by atoms with E-state index in [1.54, 1.807) is 12.1 Å². The maximum atomic E-state index is 12.2. The Balaban J connectivity index is 1.95. The zero-order chi connectivity index (χ0) is 20.7. The van der Waals surface area contributed by atoms with Gasteiger partial charge in [-0.05, 0) is 37.6 Å². The third-order valence-electron chi connectivity index (χ3n) is 3.78. The van der Waals surface area contributed by atoms with Gasteiger partial charge >= 0.3 is 5.97 Å². The molecule has 9 heteroatoms. The first-order valence-electron chi connectivity index (χ1n) is 8.33. The van der Waals surface area contributed by atoms with Crippen LogP contribution < -0.4 is 14.8 Å². The van der Waals surface area contributed by atoms with Crippen molar-refractivity contribution in [1.82, 2.24) is 0 Å². The number of anilines is 1. The summed E-state index contributed by atoms with van der Waals surface area (Å²) in [6.07, 6.45) is -1.17. The van der Waals surface area contributed by atoms with Gasteiger partial charge in [0.1, 0.15) is 17.2 Å². The highest BCUT2D eigenvalue weighted by Crippen LogP contribution is 2.29. The molecule has 0 aromatic heterocycles. The Morgan fingerprint density at radius 1 is 1.21 bits per heavy atom. The predicted octanol–water partition coefficient (Wildman–Crippen LogP) is 2.86. The van der Waals surface area contributed by atoms with Crippen LogP contribution in [0.15, 0.2) is 42.5 Å². The number of carbonyl (C=O) groups is 2. The molecule has 1 atom stereocenters. The number of nitrogens with one attached hydrogen (secondary N) is 1. The number of methoxy groups -OCH3 is 1. The van der Waals surface area contributed by atoms with Crippen LogP contribution in [-0.2, 0) is 14.3 Å². The number of esters is 1. The highest BCUT2D eigenvalue weighted by molar-refractivity contribution is 5.97. The van der Waals surface area contributed by atoms with Crippen LogP contribution in [0.5, 0.6) is 11.5 Å². The zero-order valence-corrected chi connectivity index (χ0v) is 15.6. The summed E-state index contributed by atoms with van der Waals surface area (Å²) in [4.78, 5) is 34.6. The summed E-state index contributed by atoms with van der Waals surface area (Å²) in [6.45, 7) is 2.82. The minimum absolute atomic E-state index is 0.0325. The molecule has 0 radical (unpaired) electrons. The van der Waals surface area contributed by atoms with E-state index in [1.165, 1.54) is 32.2 Å². The molecule has 0 heterocycles. The van der Waals surface area contributed by atoms with Crippen LogP contribution in [0.3, 0.4) is 0 Å². The van der Waals surface area contributed by atoms with E-state index in [0.717, 1.165) is 5.56 Å². The summed E-state index contributed by atoms with van der Waals surface area (Å²) in [6, 6.07) is 11.1. The summed E-state index contributed by atoms with van der Waals surface area (Å²) >= 11 is 0. The number of nitro groups is 1. The first kappa shape index (κ1) is 20.7. The summed E-state index contributed by atoms with van der Waals surface area (Å²) in [7, 11) is 1.37. The van der Waals surface area contributed by atoms with E-state index in [9.17, 15) is 19.7 Å². The second-order valence-corrected chi connectivity index (χ2v) is 5.82. The number of rotatable bonds is 8. The lowest BCUT2D eigenvalue weighted by Crippen LogP contribution is -2.31. The van der Waals surface area contributed by atoms with E-state index in [1.807, 2.05) is 19.1 Å². The van der Waals surface area contributed by atoms with Gasteiger partial charge in [-0.2, -0.15) is 0 Å². The van der Waals surface area contributed by atoms with Gasteiger partial charge < -0.3 is 19.5 Å². The van der Waals surface area contributed by atoms with E-state index in [0.29, 0.717) is 5.75 Å². The van der Waals surface area contributed by atoms with E-state index < -0.39 is 22.9 Å². The molecule has 1 unspecified atom stereocenters. The van der Waals surface area contributed by atoms with E-state index in [4.69, 9.17) is 14.2 Å². The SMILES string of the molecule is COc1ccc(NC(=O)C(C)OC(=O)COc2ccccc2C)c([N+](=O)[O-])c1. The van der Waals surface area contributed by atoms with Gasteiger partial charge in [0.25, 0.3) is 11.6 Å². The number of benzene rings is 2. The summed E-state index contributed by atoms with van der Waals surface area (Å²) in [5.41, 5.74) is 0.483. The quantitative estimate of drug-likeness (QED) is 0.420. The van der Waals surface area contributed by atoms with Crippen molar-refractivity contribution in [3.63, 3.8) is 0 Å². The van der Waals surface area contributed by atoms with E-state index in [-0.39, 0.29) is 23.7 Å². The molecule has 1 N–H and O–H groups in total. The summed E-state index contributed by atoms with van der Waals surface area (Å²) in [5, 5.41) is 13.5. The Bertz CT molecular complexity index is 882. The lowest BCUT2D eigenvalue weighted by Gasteiger charge is -2.14. The maximum Gasteiger partial charge on any atom is 0.344 e. The standard InChI is InChI=1S/C19H20N2O7/c1-12-6-4-5-7-17(12)27-11-18(22)28-13(2)19(23)20-15-9-8-14(26-3)10-16(15)21(24)25/h4-10,13H,11H2,1-3H3,(H,20,23). The first-order chi connectivity index (χ1) is 13.3. The minimum Gasteiger partial charge on any atom is -0.496 e. The van der Waals surface area contributed by atoms with Crippen molar-refractivity contribution in [2.45, 2.75) is 20.0 Å². The van der Waals surface area contributed by atoms with Gasteiger partial charge in [0, 0.05) is 0 Å². The van der Waals surface area contributed by atoms with Crippen molar-refractivity contribution >= 4 is 23.3 Å². The molecule has 148 valence electrons. The van der Waals surface area contributed by atoms with Gasteiger partial charge in [-0.3, -0.25) is 14.9 Å². The number of amides is 1. The Hall–Kier alpha value is -3.62. The number of para-hydroxylation sites is 1. The van der Waals surface area contributed by atoms with Crippen molar-refractivity contribution in [2.75, 3.05) is 19.0 Å². The lowest BCUT2D eigenvalue weighted by molar-refractivity contribution is -0.384. The van der Waals surface area contributed by atoms with Crippen LogP contribution in [0, 0.1) is 17.0 Å². The van der Waals surface area contributed by atoms with Crippen LogP contribution in [0.2, 0.25) is 0 Å². The maximum absolute atomic E-state index is 12.2. The van der Waals surface area contributed by atoms with Gasteiger partial charge in [0.2, 0.25) is 0 Å². The zero-order valence-electron chi connectivity index (χ0n) is 15.6. The highest BCUT2D eigenvalue weighted by atomic mass is 16.6. The molecule has 2 aromatic rings. The van der Waals surface area contributed by atoms with Crippen molar-refractivity contribution in [2.24, 2.45) is 0 Å². The topological polar surface area (TPSA) is 117 Å². The Labute approximate surface area is 161 Å². The van der Waals surface area contributed by atoms with Crippen LogP contribution in [0.4, 0.5) is 11.4 Å². The molecule has 28 heavy (non-hydrogen) atoms. The molecule has 2 aromatic carbocycles. The van der Waals surface area contributed by atoms with Crippen LogP contribution >= 0.6 is 0 Å². The van der Waals surface area contributed by atoms with E-state index in [2.05, 4.69) is 5.32 Å². The van der Waals surface area contributed by atoms with Gasteiger partial charge in [-0.1, -0.05) is 18.2 Å². The monoisotopic (exact) mass is 388 g/mol. The van der Waals surface area contributed by atoms with Gasteiger partial charge in [0.05, 0.1) is 18.1 Å². The van der Waals surface area contributed by atoms with Crippen molar-refractivity contribution in [1.29, 1.82) is 0 Å². The second-order valence-electron chi connectivity index (χ2n) is 5.82. The van der Waals surface area contributed by atoms with Crippen molar-refractivity contribution in [3.8, 4) is 11.5 Å². The van der Waals surface area contributed by atoms with E-state index >= 15 is 0 Å². The fourth-order valence-electron chi connectivity index (χ4n) is 2.27. The summed E-state index contributed by atoms with van der Waals surface area (Å²) < 4.78 is 15.3. The third-order valence-corrected chi connectivity index (χ3v) is 3.78. The Morgan fingerprint density at radius 3 is 2.57 bits per heavy atom. The molecule has 0 spiro atoms. The number of nitrogens with zero attached hydrogens (tertiary/aromatic N) is 1. The van der Waals surface area contributed by atoms with Crippen molar-refractivity contribution in [3.05, 3.63) is 58.1 Å². The van der Waals surface area contributed by atoms with Gasteiger partial charge in [0.15, 0.2) is 12.7 Å². The van der Waals surface area contributed by atoms with Crippen LogP contribution in [0.1, 0.15) is 12.5 Å². The number of carbonyl (C=O) groups excluding carboxylic acids is 2. The molecule has 0 saturated carbocycles. The summed E-state index contributed by atoms with van der Waals surface area (Å²) in [5.74, 6) is -0.643. The predicted molar refractivity (Wildman–Crippen MR) is 101 cm³/mol. The number of nitro benzene ring substituents is 1. The molecule has 0 aliphatic heterocycles. The lowest BCUT2D eigenvalue weighted by atomic mass is 10.2. The average Bonchev–Trinajstić information content (AvgIpc) is 2.67. The molecule has 0 fully saturated rings. The average molecular weight is 388 g/mol. The minimum atomic E-state index is -1.17.